The summed E-state index contributed by atoms with van der Waals surface area (Å²) >= 11 is 0. The first-order valence-corrected chi connectivity index (χ1v) is 7.54. The Kier molecular flexibility index (Phi) is 7.14. The SMILES string of the molecule is CCNC(C(CC)OC)C1CCCCC1CC. The summed E-state index contributed by atoms with van der Waals surface area (Å²) < 4.78 is 5.70. The predicted molar refractivity (Wildman–Crippen MR) is 74.3 cm³/mol. The third-order valence-corrected chi connectivity index (χ3v) is 4.50. The highest BCUT2D eigenvalue weighted by atomic mass is 16.5. The molecule has 102 valence electrons. The van der Waals surface area contributed by atoms with E-state index in [-0.39, 0.29) is 0 Å². The van der Waals surface area contributed by atoms with Gasteiger partial charge in [-0.25, -0.2) is 0 Å². The van der Waals surface area contributed by atoms with Gasteiger partial charge in [-0.2, -0.15) is 0 Å². The Morgan fingerprint density at radius 3 is 2.41 bits per heavy atom. The Balaban J connectivity index is 2.71. The summed E-state index contributed by atoms with van der Waals surface area (Å²) in [5.74, 6) is 1.72. The molecule has 0 saturated heterocycles. The molecule has 0 amide bonds. The van der Waals surface area contributed by atoms with E-state index in [4.69, 9.17) is 4.74 Å². The van der Waals surface area contributed by atoms with E-state index in [2.05, 4.69) is 26.1 Å². The number of ether oxygens (including phenoxy) is 1. The standard InChI is InChI=1S/C15H31NO/c1-5-12-10-8-9-11-13(12)15(16-7-3)14(6-2)17-4/h12-16H,5-11H2,1-4H3. The van der Waals surface area contributed by atoms with Crippen LogP contribution in [0, 0.1) is 11.8 Å². The summed E-state index contributed by atoms with van der Waals surface area (Å²) in [7, 11) is 1.86. The van der Waals surface area contributed by atoms with Crippen LogP contribution in [-0.2, 0) is 4.74 Å². The molecule has 4 atom stereocenters. The van der Waals surface area contributed by atoms with Gasteiger partial charge in [0.05, 0.1) is 6.10 Å². The van der Waals surface area contributed by atoms with Gasteiger partial charge in [0.2, 0.25) is 0 Å². The lowest BCUT2D eigenvalue weighted by molar-refractivity contribution is 0.0213. The second-order valence-corrected chi connectivity index (χ2v) is 5.38. The highest BCUT2D eigenvalue weighted by Crippen LogP contribution is 2.36. The lowest BCUT2D eigenvalue weighted by Crippen LogP contribution is -2.49. The maximum Gasteiger partial charge on any atom is 0.0724 e. The molecule has 0 radical (unpaired) electrons. The van der Waals surface area contributed by atoms with Gasteiger partial charge >= 0.3 is 0 Å². The first kappa shape index (κ1) is 15.0. The van der Waals surface area contributed by atoms with Gasteiger partial charge in [0.1, 0.15) is 0 Å². The molecule has 0 aromatic carbocycles. The van der Waals surface area contributed by atoms with Gasteiger partial charge in [-0.05, 0) is 31.2 Å². The van der Waals surface area contributed by atoms with E-state index in [1.54, 1.807) is 0 Å². The molecule has 1 rings (SSSR count). The quantitative estimate of drug-likeness (QED) is 0.735. The van der Waals surface area contributed by atoms with Crippen LogP contribution in [-0.4, -0.2) is 25.8 Å². The Labute approximate surface area is 108 Å². The molecule has 2 heteroatoms. The van der Waals surface area contributed by atoms with Crippen LogP contribution in [0.5, 0.6) is 0 Å². The van der Waals surface area contributed by atoms with E-state index < -0.39 is 0 Å². The Morgan fingerprint density at radius 2 is 1.88 bits per heavy atom. The molecular weight excluding hydrogens is 210 g/mol. The average molecular weight is 241 g/mol. The maximum absolute atomic E-state index is 5.70. The highest BCUT2D eigenvalue weighted by molar-refractivity contribution is 4.89. The Morgan fingerprint density at radius 1 is 1.18 bits per heavy atom. The molecule has 0 aromatic heterocycles. The molecule has 1 aliphatic carbocycles. The third-order valence-electron chi connectivity index (χ3n) is 4.50. The smallest absolute Gasteiger partial charge is 0.0724 e. The number of nitrogens with one attached hydrogen (secondary N) is 1. The minimum Gasteiger partial charge on any atom is -0.380 e. The normalized spacial score (nSPS) is 28.9. The van der Waals surface area contributed by atoms with Crippen LogP contribution in [0.3, 0.4) is 0 Å². The Hall–Kier alpha value is -0.0800. The van der Waals surface area contributed by atoms with Gasteiger partial charge in [0.25, 0.3) is 0 Å². The summed E-state index contributed by atoms with van der Waals surface area (Å²) in [6, 6.07) is 0.556. The van der Waals surface area contributed by atoms with Crippen molar-refractivity contribution in [2.45, 2.75) is 71.4 Å². The van der Waals surface area contributed by atoms with Crippen LogP contribution in [0.2, 0.25) is 0 Å². The number of methoxy groups -OCH3 is 1. The molecule has 0 spiro atoms. The molecule has 0 aromatic rings. The molecule has 1 N–H and O–H groups in total. The number of hydrogen-bond acceptors (Lipinski definition) is 2. The van der Waals surface area contributed by atoms with E-state index in [1.807, 2.05) is 7.11 Å². The number of likely N-dealkylation sites (N-methyl/N-ethyl adjacent to an activating group) is 1. The van der Waals surface area contributed by atoms with Crippen molar-refractivity contribution < 1.29 is 4.74 Å². The van der Waals surface area contributed by atoms with Crippen molar-refractivity contribution in [3.63, 3.8) is 0 Å². The summed E-state index contributed by atoms with van der Waals surface area (Å²) in [4.78, 5) is 0. The summed E-state index contributed by atoms with van der Waals surface area (Å²) in [6.45, 7) is 7.85. The van der Waals surface area contributed by atoms with Gasteiger partial charge in [-0.15, -0.1) is 0 Å². The molecule has 0 bridgehead atoms. The minimum absolute atomic E-state index is 0.382. The lowest BCUT2D eigenvalue weighted by atomic mass is 9.72. The average Bonchev–Trinajstić information content (AvgIpc) is 2.39. The predicted octanol–water partition coefficient (Wildman–Crippen LogP) is 3.61. The van der Waals surface area contributed by atoms with E-state index in [1.165, 1.54) is 32.1 Å². The molecule has 2 nitrogen and oxygen atoms in total. The molecule has 1 aliphatic rings. The van der Waals surface area contributed by atoms with Crippen molar-refractivity contribution in [1.29, 1.82) is 0 Å². The first-order valence-electron chi connectivity index (χ1n) is 7.54. The fourth-order valence-electron chi connectivity index (χ4n) is 3.58. The Bertz CT molecular complexity index is 191. The summed E-state index contributed by atoms with van der Waals surface area (Å²) in [5.41, 5.74) is 0. The first-order chi connectivity index (χ1) is 8.28. The van der Waals surface area contributed by atoms with Crippen LogP contribution < -0.4 is 5.32 Å². The fourth-order valence-corrected chi connectivity index (χ4v) is 3.58. The summed E-state index contributed by atoms with van der Waals surface area (Å²) in [6.07, 6.45) is 8.46. The van der Waals surface area contributed by atoms with E-state index in [0.717, 1.165) is 24.8 Å². The third kappa shape index (κ3) is 3.96. The van der Waals surface area contributed by atoms with Crippen molar-refractivity contribution in [2.24, 2.45) is 11.8 Å². The topological polar surface area (TPSA) is 21.3 Å². The zero-order valence-corrected chi connectivity index (χ0v) is 12.2. The molecule has 0 aliphatic heterocycles. The molecular formula is C15H31NO. The van der Waals surface area contributed by atoms with Crippen LogP contribution in [0.15, 0.2) is 0 Å². The monoisotopic (exact) mass is 241 g/mol. The van der Waals surface area contributed by atoms with Gasteiger partial charge in [0, 0.05) is 13.2 Å². The minimum atomic E-state index is 0.382. The van der Waals surface area contributed by atoms with Crippen molar-refractivity contribution in [2.75, 3.05) is 13.7 Å². The van der Waals surface area contributed by atoms with Crippen molar-refractivity contribution >= 4 is 0 Å². The summed E-state index contributed by atoms with van der Waals surface area (Å²) in [5, 5.41) is 3.69. The molecule has 1 saturated carbocycles. The van der Waals surface area contributed by atoms with E-state index >= 15 is 0 Å². The molecule has 0 heterocycles. The number of hydrogen-bond donors (Lipinski definition) is 1. The molecule has 4 unspecified atom stereocenters. The van der Waals surface area contributed by atoms with E-state index in [9.17, 15) is 0 Å². The van der Waals surface area contributed by atoms with Crippen molar-refractivity contribution in [1.82, 2.24) is 5.32 Å². The molecule has 1 fully saturated rings. The fraction of sp³-hybridized carbons (Fsp3) is 1.00. The van der Waals surface area contributed by atoms with Crippen molar-refractivity contribution in [3.8, 4) is 0 Å². The largest absolute Gasteiger partial charge is 0.380 e. The highest BCUT2D eigenvalue weighted by Gasteiger charge is 2.34. The van der Waals surface area contributed by atoms with Gasteiger partial charge in [-0.1, -0.05) is 46.5 Å². The second-order valence-electron chi connectivity index (χ2n) is 5.38. The van der Waals surface area contributed by atoms with Gasteiger partial charge < -0.3 is 10.1 Å². The second kappa shape index (κ2) is 8.10. The number of rotatable bonds is 7. The van der Waals surface area contributed by atoms with E-state index in [0.29, 0.717) is 12.1 Å². The van der Waals surface area contributed by atoms with Crippen molar-refractivity contribution in [3.05, 3.63) is 0 Å². The van der Waals surface area contributed by atoms with Gasteiger partial charge in [0.15, 0.2) is 0 Å². The zero-order valence-electron chi connectivity index (χ0n) is 12.2. The van der Waals surface area contributed by atoms with Crippen LogP contribution >= 0.6 is 0 Å². The van der Waals surface area contributed by atoms with Crippen LogP contribution in [0.25, 0.3) is 0 Å². The zero-order chi connectivity index (χ0) is 12.7. The maximum atomic E-state index is 5.70. The van der Waals surface area contributed by atoms with Crippen LogP contribution in [0.4, 0.5) is 0 Å². The van der Waals surface area contributed by atoms with Crippen LogP contribution in [0.1, 0.15) is 59.3 Å². The lowest BCUT2D eigenvalue weighted by Gasteiger charge is -2.40. The molecule has 17 heavy (non-hydrogen) atoms. The van der Waals surface area contributed by atoms with Gasteiger partial charge in [-0.3, -0.25) is 0 Å².